The largest absolute Gasteiger partial charge is 0.489 e. The van der Waals surface area contributed by atoms with E-state index in [1.54, 1.807) is 25.2 Å². The van der Waals surface area contributed by atoms with Gasteiger partial charge in [-0.05, 0) is 19.1 Å². The molecule has 116 valence electrons. The van der Waals surface area contributed by atoms with Crippen molar-refractivity contribution in [2.75, 3.05) is 20.1 Å². The van der Waals surface area contributed by atoms with Crippen LogP contribution in [0.25, 0.3) is 0 Å². The van der Waals surface area contributed by atoms with Gasteiger partial charge in [-0.1, -0.05) is 23.2 Å². The van der Waals surface area contributed by atoms with Gasteiger partial charge >= 0.3 is 0 Å². The summed E-state index contributed by atoms with van der Waals surface area (Å²) in [6.45, 7) is 3.57. The Kier molecular flexibility index (Phi) is 6.78. The van der Waals surface area contributed by atoms with Gasteiger partial charge in [0.25, 0.3) is 0 Å². The summed E-state index contributed by atoms with van der Waals surface area (Å²) in [4.78, 5) is 24.0. The number of hydrogen-bond donors (Lipinski definition) is 1. The number of amides is 2. The lowest BCUT2D eigenvalue weighted by Gasteiger charge is -2.22. The van der Waals surface area contributed by atoms with E-state index in [4.69, 9.17) is 27.9 Å². The molecule has 21 heavy (non-hydrogen) atoms. The summed E-state index contributed by atoms with van der Waals surface area (Å²) in [6.07, 6.45) is -0.228. The van der Waals surface area contributed by atoms with E-state index in [2.05, 4.69) is 5.32 Å². The molecule has 0 saturated heterocycles. The second-order valence-electron chi connectivity index (χ2n) is 4.69. The van der Waals surface area contributed by atoms with Crippen molar-refractivity contribution in [3.63, 3.8) is 0 Å². The van der Waals surface area contributed by atoms with Gasteiger partial charge in [-0.3, -0.25) is 9.59 Å². The molecule has 1 atom stereocenters. The van der Waals surface area contributed by atoms with E-state index in [1.165, 1.54) is 11.8 Å². The number of ether oxygens (including phenoxy) is 1. The Morgan fingerprint density at radius 3 is 2.57 bits per heavy atom. The molecule has 0 heterocycles. The second kappa shape index (κ2) is 8.10. The Morgan fingerprint density at radius 2 is 2.00 bits per heavy atom. The molecular weight excluding hydrogens is 315 g/mol. The summed E-state index contributed by atoms with van der Waals surface area (Å²) >= 11 is 11.7. The summed E-state index contributed by atoms with van der Waals surface area (Å²) in [5.41, 5.74) is 0. The average Bonchev–Trinajstić information content (AvgIpc) is 2.40. The molecule has 0 spiro atoms. The molecule has 0 radical (unpaired) electrons. The molecule has 0 unspecified atom stereocenters. The summed E-state index contributed by atoms with van der Waals surface area (Å²) in [7, 11) is 1.65. The molecule has 1 rings (SSSR count). The first-order valence-corrected chi connectivity index (χ1v) is 7.15. The molecule has 5 nitrogen and oxygen atoms in total. The van der Waals surface area contributed by atoms with Crippen LogP contribution in [0.1, 0.15) is 13.8 Å². The highest BCUT2D eigenvalue weighted by Crippen LogP contribution is 2.26. The molecule has 0 fully saturated rings. The van der Waals surface area contributed by atoms with Crippen LogP contribution in [0.5, 0.6) is 5.75 Å². The van der Waals surface area contributed by atoms with E-state index in [1.807, 2.05) is 6.92 Å². The molecule has 0 aliphatic heterocycles. The van der Waals surface area contributed by atoms with Crippen molar-refractivity contribution >= 4 is 35.0 Å². The van der Waals surface area contributed by atoms with Gasteiger partial charge in [-0.15, -0.1) is 0 Å². The molecule has 0 saturated carbocycles. The van der Waals surface area contributed by atoms with Crippen LogP contribution < -0.4 is 10.1 Å². The maximum atomic E-state index is 11.8. The van der Waals surface area contributed by atoms with Crippen LogP contribution in [-0.4, -0.2) is 43.0 Å². The fourth-order valence-electron chi connectivity index (χ4n) is 1.64. The maximum absolute atomic E-state index is 11.8. The van der Waals surface area contributed by atoms with Gasteiger partial charge in [0.1, 0.15) is 11.9 Å². The number of nitrogens with zero attached hydrogens (tertiary/aromatic N) is 1. The van der Waals surface area contributed by atoms with Crippen LogP contribution >= 0.6 is 23.2 Å². The van der Waals surface area contributed by atoms with Gasteiger partial charge in [0, 0.05) is 20.0 Å². The Hall–Kier alpha value is -1.46. The van der Waals surface area contributed by atoms with Gasteiger partial charge in [0.2, 0.25) is 11.8 Å². The fourth-order valence-corrected chi connectivity index (χ4v) is 1.93. The Bertz CT molecular complexity index is 523. The van der Waals surface area contributed by atoms with Gasteiger partial charge in [0.15, 0.2) is 0 Å². The monoisotopic (exact) mass is 332 g/mol. The molecular formula is C14H18Cl2N2O3. The van der Waals surface area contributed by atoms with Crippen LogP contribution in [0.2, 0.25) is 10.0 Å². The molecule has 2 amide bonds. The number of carbonyl (C=O) groups excluding carboxylic acids is 2. The van der Waals surface area contributed by atoms with E-state index in [0.717, 1.165) is 0 Å². The van der Waals surface area contributed by atoms with Crippen LogP contribution in [-0.2, 0) is 9.59 Å². The van der Waals surface area contributed by atoms with Gasteiger partial charge < -0.3 is 15.0 Å². The molecule has 0 bridgehead atoms. The first-order valence-electron chi connectivity index (χ1n) is 6.39. The molecule has 1 aromatic rings. The van der Waals surface area contributed by atoms with Crippen molar-refractivity contribution < 1.29 is 14.3 Å². The van der Waals surface area contributed by atoms with Crippen LogP contribution in [0.15, 0.2) is 18.2 Å². The number of likely N-dealkylation sites (N-methyl/N-ethyl adjacent to an activating group) is 1. The number of nitrogens with one attached hydrogen (secondary N) is 1. The van der Waals surface area contributed by atoms with Crippen LogP contribution in [0.4, 0.5) is 0 Å². The van der Waals surface area contributed by atoms with E-state index < -0.39 is 0 Å². The normalized spacial score (nSPS) is 11.7. The minimum atomic E-state index is -0.239. The molecule has 1 aromatic carbocycles. The first-order chi connectivity index (χ1) is 9.79. The van der Waals surface area contributed by atoms with Crippen molar-refractivity contribution in [1.29, 1.82) is 0 Å². The lowest BCUT2D eigenvalue weighted by Crippen LogP contribution is -2.41. The third-order valence-electron chi connectivity index (χ3n) is 2.67. The third kappa shape index (κ3) is 6.23. The summed E-state index contributed by atoms with van der Waals surface area (Å²) in [6, 6.07) is 4.99. The summed E-state index contributed by atoms with van der Waals surface area (Å²) in [5, 5.41) is 3.33. The predicted octanol–water partition coefficient (Wildman–Crippen LogP) is 2.36. The van der Waals surface area contributed by atoms with E-state index >= 15 is 0 Å². The minimum absolute atomic E-state index is 0.0225. The topological polar surface area (TPSA) is 58.6 Å². The molecule has 0 aliphatic carbocycles. The smallest absolute Gasteiger partial charge is 0.241 e. The zero-order valence-electron chi connectivity index (χ0n) is 12.2. The van der Waals surface area contributed by atoms with Crippen molar-refractivity contribution in [1.82, 2.24) is 10.2 Å². The standard InChI is InChI=1S/C14H18Cl2N2O3/c1-9(8-18(3)14(20)7-17-10(2)19)21-11-4-5-12(15)13(16)6-11/h4-6,9H,7-8H2,1-3H3,(H,17,19)/t9-/m1/s1. The highest BCUT2D eigenvalue weighted by molar-refractivity contribution is 6.42. The number of carbonyl (C=O) groups is 2. The van der Waals surface area contributed by atoms with Crippen molar-refractivity contribution in [2.45, 2.75) is 20.0 Å². The second-order valence-corrected chi connectivity index (χ2v) is 5.50. The van der Waals surface area contributed by atoms with Crippen LogP contribution in [0, 0.1) is 0 Å². The highest BCUT2D eigenvalue weighted by Gasteiger charge is 2.14. The van der Waals surface area contributed by atoms with E-state index in [-0.39, 0.29) is 24.5 Å². The molecule has 0 aromatic heterocycles. The Labute approximate surface area is 134 Å². The lowest BCUT2D eigenvalue weighted by atomic mass is 10.3. The number of hydrogen-bond acceptors (Lipinski definition) is 3. The SMILES string of the molecule is CC(=O)NCC(=O)N(C)C[C@@H](C)Oc1ccc(Cl)c(Cl)c1. The van der Waals surface area contributed by atoms with Gasteiger partial charge in [-0.25, -0.2) is 0 Å². The quantitative estimate of drug-likeness (QED) is 0.869. The minimum Gasteiger partial charge on any atom is -0.489 e. The van der Waals surface area contributed by atoms with Crippen molar-refractivity contribution in [3.05, 3.63) is 28.2 Å². The van der Waals surface area contributed by atoms with Gasteiger partial charge in [-0.2, -0.15) is 0 Å². The Morgan fingerprint density at radius 1 is 1.33 bits per heavy atom. The predicted molar refractivity (Wildman–Crippen MR) is 82.9 cm³/mol. The summed E-state index contributed by atoms with van der Waals surface area (Å²) < 4.78 is 5.67. The number of benzene rings is 1. The average molecular weight is 333 g/mol. The first kappa shape index (κ1) is 17.6. The fraction of sp³-hybridized carbons (Fsp3) is 0.429. The number of rotatable bonds is 6. The van der Waals surface area contributed by atoms with Crippen molar-refractivity contribution in [3.8, 4) is 5.75 Å². The van der Waals surface area contributed by atoms with Crippen molar-refractivity contribution in [2.24, 2.45) is 0 Å². The molecule has 1 N–H and O–H groups in total. The van der Waals surface area contributed by atoms with Crippen LogP contribution in [0.3, 0.4) is 0 Å². The maximum Gasteiger partial charge on any atom is 0.241 e. The van der Waals surface area contributed by atoms with E-state index in [9.17, 15) is 9.59 Å². The summed E-state index contributed by atoms with van der Waals surface area (Å²) in [5.74, 6) is 0.159. The number of halogens is 2. The highest BCUT2D eigenvalue weighted by atomic mass is 35.5. The Balaban J connectivity index is 2.48. The lowest BCUT2D eigenvalue weighted by molar-refractivity contribution is -0.132. The molecule has 7 heteroatoms. The van der Waals surface area contributed by atoms with E-state index in [0.29, 0.717) is 22.3 Å². The van der Waals surface area contributed by atoms with Gasteiger partial charge in [0.05, 0.1) is 23.1 Å². The zero-order chi connectivity index (χ0) is 16.0. The third-order valence-corrected chi connectivity index (χ3v) is 3.41. The zero-order valence-corrected chi connectivity index (χ0v) is 13.7. The molecule has 0 aliphatic rings.